The van der Waals surface area contributed by atoms with Crippen LogP contribution >= 0.6 is 0 Å². The second-order valence-corrected chi connectivity index (χ2v) is 32.0. The van der Waals surface area contributed by atoms with Crippen molar-refractivity contribution in [2.45, 2.75) is 83.1 Å². The Morgan fingerprint density at radius 1 is 0.235 bits per heavy atom. The molecule has 0 amide bonds. The number of hydrogen-bond donors (Lipinski definition) is 4. The molecule has 21 rings (SSSR count). The SMILES string of the molecule is CC(=O)C=C(C)O.CC(=O)C=C(C)O.CC(=O)C=C(C)O.CC(=O)C=C(C)O.Cc1nc2cc3cc4ccccc4cc3cc2nc1-c1[c-]ccc2ccccc12.Cc1nc2cc3cc4ccccc4cc3cc2nc1-c1[c-]cccc1.Cc1nc2cc3ccccc3cc2nc1-c1[c-]c2ccccc2cc1.Cc1nc2cc3ccccc3cc2nc1-c1[c-]ccc2ccccc12.[Os+].[Os+].[Os+].[Os+]. The van der Waals surface area contributed by atoms with Crippen LogP contribution in [0.5, 0.6) is 0 Å². The van der Waals surface area contributed by atoms with E-state index in [1.807, 2.05) is 94.4 Å². The van der Waals surface area contributed by atoms with Crippen LogP contribution in [0, 0.1) is 52.0 Å². The van der Waals surface area contributed by atoms with E-state index in [1.54, 1.807) is 0 Å². The number of fused-ring (bicyclic) bond motifs is 13. The maximum absolute atomic E-state index is 10.0. The van der Waals surface area contributed by atoms with Crippen molar-refractivity contribution in [3.63, 3.8) is 0 Å². The molecule has 0 aliphatic heterocycles. The fraction of sp³-hybridized carbons (Fsp3) is 0.103. The number of rotatable bonds is 8. The Balaban J connectivity index is 0.000000170. The number of carbonyl (C=O) groups excluding carboxylic acids is 4. The number of nitrogens with zero attached hydrogens (tertiary/aromatic N) is 8. The summed E-state index contributed by atoms with van der Waals surface area (Å²) in [6.45, 7) is 19.5. The largest absolute Gasteiger partial charge is 1.00 e. The summed E-state index contributed by atoms with van der Waals surface area (Å²) in [5, 5.41) is 54.9. The van der Waals surface area contributed by atoms with Crippen LogP contribution in [0.4, 0.5) is 0 Å². The minimum atomic E-state index is -0.125. The van der Waals surface area contributed by atoms with E-state index in [-0.39, 0.29) is 125 Å². The molecule has 17 aromatic carbocycles. The Bertz CT molecular complexity index is 8030. The first-order valence-electron chi connectivity index (χ1n) is 42.9. The number of benzene rings is 17. The summed E-state index contributed by atoms with van der Waals surface area (Å²) in [6, 6.07) is 118. The summed E-state index contributed by atoms with van der Waals surface area (Å²) in [4.78, 5) is 79.2. The number of aliphatic hydroxyl groups excluding tert-OH is 4. The molecule has 0 fully saturated rings. The van der Waals surface area contributed by atoms with Crippen LogP contribution in [-0.4, -0.2) is 83.4 Å². The number of aliphatic hydroxyl groups is 4. The summed E-state index contributed by atoms with van der Waals surface area (Å²) >= 11 is 0. The van der Waals surface area contributed by atoms with Gasteiger partial charge in [0.15, 0.2) is 23.1 Å². The van der Waals surface area contributed by atoms with Gasteiger partial charge in [0.2, 0.25) is 0 Å². The third-order valence-corrected chi connectivity index (χ3v) is 21.2. The molecule has 0 unspecified atom stereocenters. The van der Waals surface area contributed by atoms with Crippen LogP contribution in [0.25, 0.3) is 186 Å². The molecule has 16 nitrogen and oxygen atoms in total. The Kier molecular flexibility index (Phi) is 36.8. The van der Waals surface area contributed by atoms with Gasteiger partial charge in [0.1, 0.15) is 0 Å². The van der Waals surface area contributed by atoms with Gasteiger partial charge in [-0.15, -0.1) is 124 Å². The van der Waals surface area contributed by atoms with Gasteiger partial charge >= 0.3 is 79.2 Å². The van der Waals surface area contributed by atoms with E-state index in [9.17, 15) is 19.2 Å². The Labute approximate surface area is 841 Å². The molecular weight excluding hydrogens is 2390 g/mol. The minimum Gasteiger partial charge on any atom is -0.512 e. The number of aromatic nitrogens is 8. The summed E-state index contributed by atoms with van der Waals surface area (Å²) in [7, 11) is 0. The number of carbonyl (C=O) groups is 4. The van der Waals surface area contributed by atoms with E-state index in [4.69, 9.17) is 60.3 Å². The van der Waals surface area contributed by atoms with Crippen molar-refractivity contribution >= 4 is 164 Å². The molecule has 678 valence electrons. The molecule has 4 heterocycles. The van der Waals surface area contributed by atoms with Crippen molar-refractivity contribution in [2.75, 3.05) is 0 Å². The molecule has 0 saturated carbocycles. The molecule has 21 aromatic rings. The molecule has 0 aliphatic carbocycles. The molecule has 0 aliphatic rings. The molecule has 136 heavy (non-hydrogen) atoms. The molecular formula is C116H94N8O8Os4. The van der Waals surface area contributed by atoms with Crippen molar-refractivity contribution in [1.82, 2.24) is 39.9 Å². The van der Waals surface area contributed by atoms with E-state index in [2.05, 4.69) is 261 Å². The molecule has 0 saturated heterocycles. The Morgan fingerprint density at radius 2 is 0.485 bits per heavy atom. The van der Waals surface area contributed by atoms with E-state index >= 15 is 0 Å². The van der Waals surface area contributed by atoms with E-state index in [0.717, 1.165) is 128 Å². The van der Waals surface area contributed by atoms with Crippen LogP contribution in [0.3, 0.4) is 0 Å². The average Bonchev–Trinajstić information content (AvgIpc) is 0.761. The monoisotopic (exact) mass is 2490 g/mol. The summed E-state index contributed by atoms with van der Waals surface area (Å²) < 4.78 is 0. The smallest absolute Gasteiger partial charge is 0.512 e. The maximum atomic E-state index is 10.0. The van der Waals surface area contributed by atoms with Crippen molar-refractivity contribution in [2.24, 2.45) is 0 Å². The van der Waals surface area contributed by atoms with Crippen LogP contribution in [0.15, 0.2) is 351 Å². The predicted octanol–water partition coefficient (Wildman–Crippen LogP) is 28.1. The van der Waals surface area contributed by atoms with Gasteiger partial charge in [-0.2, -0.15) is 0 Å². The van der Waals surface area contributed by atoms with Gasteiger partial charge < -0.3 is 20.4 Å². The molecule has 20 heteroatoms. The normalized spacial score (nSPS) is 11.1. The predicted molar refractivity (Wildman–Crippen MR) is 540 cm³/mol. The molecule has 0 bridgehead atoms. The van der Waals surface area contributed by atoms with E-state index in [0.29, 0.717) is 0 Å². The molecule has 4 aromatic heterocycles. The van der Waals surface area contributed by atoms with Crippen LogP contribution < -0.4 is 0 Å². The van der Waals surface area contributed by atoms with Crippen LogP contribution in [0.2, 0.25) is 0 Å². The van der Waals surface area contributed by atoms with Gasteiger partial charge in [-0.1, -0.05) is 186 Å². The third kappa shape index (κ3) is 26.7. The van der Waals surface area contributed by atoms with E-state index < -0.39 is 0 Å². The second-order valence-electron chi connectivity index (χ2n) is 32.0. The average molecular weight is 2490 g/mol. The topological polar surface area (TPSA) is 252 Å². The first kappa shape index (κ1) is 104. The minimum absolute atomic E-state index is 0. The van der Waals surface area contributed by atoms with Crippen LogP contribution in [0.1, 0.15) is 78.2 Å². The van der Waals surface area contributed by atoms with Gasteiger partial charge in [0.25, 0.3) is 0 Å². The van der Waals surface area contributed by atoms with Crippen molar-refractivity contribution in [3.05, 3.63) is 398 Å². The van der Waals surface area contributed by atoms with Crippen molar-refractivity contribution in [1.29, 1.82) is 0 Å². The third-order valence-electron chi connectivity index (χ3n) is 21.2. The van der Waals surface area contributed by atoms with E-state index in [1.165, 1.54) is 160 Å². The van der Waals surface area contributed by atoms with Gasteiger partial charge in [-0.05, 0) is 221 Å². The molecule has 4 N–H and O–H groups in total. The second kappa shape index (κ2) is 48.1. The number of ketones is 4. The zero-order chi connectivity index (χ0) is 93.2. The Hall–Kier alpha value is -14.2. The molecule has 0 spiro atoms. The maximum Gasteiger partial charge on any atom is 1.00 e. The number of aryl methyl sites for hydroxylation is 4. The van der Waals surface area contributed by atoms with Gasteiger partial charge in [0.05, 0.1) is 67.2 Å². The summed E-state index contributed by atoms with van der Waals surface area (Å²) in [5.74, 6) is -0.250. The first-order chi connectivity index (χ1) is 63.6. The van der Waals surface area contributed by atoms with Crippen molar-refractivity contribution in [3.8, 4) is 45.0 Å². The zero-order valence-electron chi connectivity index (χ0n) is 76.6. The fourth-order valence-electron chi connectivity index (χ4n) is 15.5. The molecule has 4 radical (unpaired) electrons. The summed E-state index contributed by atoms with van der Waals surface area (Å²) in [5.41, 5.74) is 18.7. The summed E-state index contributed by atoms with van der Waals surface area (Å²) in [6.07, 6.45) is 4.67. The Morgan fingerprint density at radius 3 is 0.779 bits per heavy atom. The van der Waals surface area contributed by atoms with Gasteiger partial charge in [-0.3, -0.25) is 59.0 Å². The van der Waals surface area contributed by atoms with Gasteiger partial charge in [-0.25, -0.2) is 0 Å². The standard InChI is InChI=1S/C27H17N2.3C23H15N2.4C5H8O2.4Os/c1-17-27(24-12-6-10-18-7-4-5-11-23(18)24)29-26-16-22-14-20-9-3-2-8-19(20)13-21(22)15-25(26)28-17;1-15-23(20-12-6-10-16-7-4-5-11-19(16)20)25-22-14-18-9-3-2-8-17(18)13-21(22)24-15;1-15-23(20-11-10-16-6-2-3-7-17(16)12-20)25-22-14-19-9-5-4-8-18(19)13-21(22)24-15;1-15-23(16-7-3-2-4-8-16)25-22-14-20-12-18-10-6-5-9-17(18)11-19(20)13-21(22)24-15;4*1-4(6)3-5(2)7;;;;/h2-11,13-16H,1H3;2*2-11,13-14H,1H3;2-7,9-14H,1H3;4*3,6H,1-2H3;;;;/q4*-1;;;;;4*+1. The van der Waals surface area contributed by atoms with Gasteiger partial charge in [0, 0.05) is 69.9 Å². The number of hydrogen-bond acceptors (Lipinski definition) is 16. The first-order valence-corrected chi connectivity index (χ1v) is 42.9. The van der Waals surface area contributed by atoms with Crippen LogP contribution in [-0.2, 0) is 98.3 Å². The van der Waals surface area contributed by atoms with Crippen molar-refractivity contribution < 1.29 is 119 Å². The number of allylic oxidation sites excluding steroid dienone is 8. The molecule has 0 atom stereocenters. The quantitative estimate of drug-likeness (QED) is 0.0477. The zero-order valence-corrected chi connectivity index (χ0v) is 86.8. The fourth-order valence-corrected chi connectivity index (χ4v) is 15.5.